The smallest absolute Gasteiger partial charge is 0.305 e. The van der Waals surface area contributed by atoms with Crippen molar-refractivity contribution in [1.82, 2.24) is 4.90 Å². The number of aliphatic hydroxyl groups excluding tert-OH is 1. The molecule has 0 saturated carbocycles. The summed E-state index contributed by atoms with van der Waals surface area (Å²) >= 11 is 0. The number of hydrogen-bond acceptors (Lipinski definition) is 8. The lowest BCUT2D eigenvalue weighted by molar-refractivity contribution is -0.149. The van der Waals surface area contributed by atoms with Crippen molar-refractivity contribution in [3.05, 3.63) is 24.3 Å². The third-order valence-corrected chi connectivity index (χ3v) is 9.68. The SMILES string of the molecule is CC/C=C\CCCCOC(CCCCC(=O)OCCCCCN(CCO)CCCCCCCC(=O)OCCCCCCCCC)OCCCC/C=C\CC. The van der Waals surface area contributed by atoms with Crippen LogP contribution in [0.3, 0.4) is 0 Å². The molecule has 8 heteroatoms. The van der Waals surface area contributed by atoms with Crippen molar-refractivity contribution in [2.24, 2.45) is 0 Å². The summed E-state index contributed by atoms with van der Waals surface area (Å²) in [6.45, 7) is 11.8. The number of carbonyl (C=O) groups excluding carboxylic acids is 2. The van der Waals surface area contributed by atoms with Gasteiger partial charge in [0.1, 0.15) is 0 Å². The Morgan fingerprint density at radius 2 is 0.944 bits per heavy atom. The van der Waals surface area contributed by atoms with Gasteiger partial charge in [0.2, 0.25) is 0 Å². The van der Waals surface area contributed by atoms with Gasteiger partial charge in [0.05, 0.1) is 19.8 Å². The highest BCUT2D eigenvalue weighted by Crippen LogP contribution is 2.13. The first kappa shape index (κ1) is 52.3. The summed E-state index contributed by atoms with van der Waals surface area (Å²) in [5.74, 6) is -0.161. The average molecular weight is 766 g/mol. The molecule has 0 saturated heterocycles. The van der Waals surface area contributed by atoms with E-state index in [1.807, 2.05) is 0 Å². The van der Waals surface area contributed by atoms with Gasteiger partial charge in [-0.3, -0.25) is 9.59 Å². The number of ether oxygens (including phenoxy) is 4. The molecule has 318 valence electrons. The molecular weight excluding hydrogens is 679 g/mol. The molecule has 54 heavy (non-hydrogen) atoms. The first-order valence-corrected chi connectivity index (χ1v) is 22.7. The maximum absolute atomic E-state index is 12.3. The molecule has 1 N–H and O–H groups in total. The van der Waals surface area contributed by atoms with E-state index < -0.39 is 0 Å². The van der Waals surface area contributed by atoms with Crippen LogP contribution in [0.1, 0.15) is 201 Å². The summed E-state index contributed by atoms with van der Waals surface area (Å²) in [6, 6.07) is 0. The maximum Gasteiger partial charge on any atom is 0.305 e. The molecule has 0 aromatic rings. The Kier molecular flexibility index (Phi) is 42.6. The van der Waals surface area contributed by atoms with E-state index in [2.05, 4.69) is 50.0 Å². The van der Waals surface area contributed by atoms with Gasteiger partial charge in [-0.05, 0) is 122 Å². The lowest BCUT2D eigenvalue weighted by atomic mass is 10.1. The van der Waals surface area contributed by atoms with Gasteiger partial charge >= 0.3 is 11.9 Å². The molecule has 0 atom stereocenters. The highest BCUT2D eigenvalue weighted by atomic mass is 16.7. The number of aliphatic hydroxyl groups is 1. The zero-order valence-electron chi connectivity index (χ0n) is 35.7. The summed E-state index contributed by atoms with van der Waals surface area (Å²) in [5, 5.41) is 9.52. The van der Waals surface area contributed by atoms with Crippen molar-refractivity contribution in [3.63, 3.8) is 0 Å². The second-order valence-electron chi connectivity index (χ2n) is 14.9. The number of rotatable bonds is 43. The molecule has 0 amide bonds. The molecule has 0 aliphatic rings. The summed E-state index contributed by atoms with van der Waals surface area (Å²) in [5.41, 5.74) is 0. The molecule has 0 aliphatic heterocycles. The van der Waals surface area contributed by atoms with Crippen LogP contribution in [0.25, 0.3) is 0 Å². The zero-order chi connectivity index (χ0) is 39.4. The minimum atomic E-state index is -0.199. The third kappa shape index (κ3) is 39.9. The van der Waals surface area contributed by atoms with Gasteiger partial charge in [0.15, 0.2) is 6.29 Å². The number of nitrogens with zero attached hydrogens (tertiary/aromatic N) is 1. The van der Waals surface area contributed by atoms with Crippen LogP contribution < -0.4 is 0 Å². The molecule has 0 aromatic carbocycles. The van der Waals surface area contributed by atoms with E-state index in [0.29, 0.717) is 45.8 Å². The molecular formula is C46H87NO7. The molecule has 0 rings (SSSR count). The topological polar surface area (TPSA) is 94.5 Å². The highest BCUT2D eigenvalue weighted by molar-refractivity contribution is 5.69. The van der Waals surface area contributed by atoms with Crippen LogP contribution in [0.2, 0.25) is 0 Å². The van der Waals surface area contributed by atoms with Crippen molar-refractivity contribution in [2.45, 2.75) is 207 Å². The van der Waals surface area contributed by atoms with Crippen molar-refractivity contribution in [3.8, 4) is 0 Å². The molecule has 0 aromatic heterocycles. The van der Waals surface area contributed by atoms with Crippen LogP contribution in [0, 0.1) is 0 Å². The number of allylic oxidation sites excluding steroid dienone is 4. The Hall–Kier alpha value is -1.74. The van der Waals surface area contributed by atoms with Crippen LogP contribution in [0.15, 0.2) is 24.3 Å². The van der Waals surface area contributed by atoms with Gasteiger partial charge in [-0.25, -0.2) is 0 Å². The summed E-state index contributed by atoms with van der Waals surface area (Å²) in [7, 11) is 0. The van der Waals surface area contributed by atoms with E-state index in [-0.39, 0.29) is 24.8 Å². The summed E-state index contributed by atoms with van der Waals surface area (Å²) < 4.78 is 23.1. The van der Waals surface area contributed by atoms with E-state index in [1.165, 1.54) is 32.1 Å². The monoisotopic (exact) mass is 766 g/mol. The molecule has 8 nitrogen and oxygen atoms in total. The van der Waals surface area contributed by atoms with Gasteiger partial charge in [-0.15, -0.1) is 0 Å². The Bertz CT molecular complexity index is 825. The van der Waals surface area contributed by atoms with Gasteiger partial charge in [0, 0.05) is 32.6 Å². The fraction of sp³-hybridized carbons (Fsp3) is 0.870. The maximum atomic E-state index is 12.3. The first-order valence-electron chi connectivity index (χ1n) is 22.7. The molecule has 0 heterocycles. The van der Waals surface area contributed by atoms with E-state index in [4.69, 9.17) is 18.9 Å². The van der Waals surface area contributed by atoms with Crippen molar-refractivity contribution >= 4 is 11.9 Å². The zero-order valence-corrected chi connectivity index (χ0v) is 35.7. The van der Waals surface area contributed by atoms with E-state index >= 15 is 0 Å². The predicted molar refractivity (Wildman–Crippen MR) is 226 cm³/mol. The van der Waals surface area contributed by atoms with Crippen LogP contribution in [0.4, 0.5) is 0 Å². The molecule has 0 radical (unpaired) electrons. The Balaban J connectivity index is 3.96. The normalized spacial score (nSPS) is 11.9. The number of hydrogen-bond donors (Lipinski definition) is 1. The van der Waals surface area contributed by atoms with Crippen molar-refractivity contribution in [1.29, 1.82) is 0 Å². The molecule has 0 aliphatic carbocycles. The highest BCUT2D eigenvalue weighted by Gasteiger charge is 2.11. The number of unbranched alkanes of at least 4 members (excludes halogenated alkanes) is 17. The number of carbonyl (C=O) groups is 2. The third-order valence-electron chi connectivity index (χ3n) is 9.68. The minimum Gasteiger partial charge on any atom is -0.466 e. The van der Waals surface area contributed by atoms with Gasteiger partial charge in [0.25, 0.3) is 0 Å². The second kappa shape index (κ2) is 44.0. The first-order chi connectivity index (χ1) is 26.6. The minimum absolute atomic E-state index is 0.0463. The number of esters is 2. The van der Waals surface area contributed by atoms with Crippen LogP contribution >= 0.6 is 0 Å². The van der Waals surface area contributed by atoms with Crippen LogP contribution in [-0.4, -0.2) is 80.9 Å². The quantitative estimate of drug-likeness (QED) is 0.0284. The Labute approximate surface area is 333 Å². The van der Waals surface area contributed by atoms with Crippen LogP contribution in [-0.2, 0) is 28.5 Å². The Morgan fingerprint density at radius 1 is 0.500 bits per heavy atom. The lowest BCUT2D eigenvalue weighted by Gasteiger charge is -2.21. The molecule has 0 spiro atoms. The van der Waals surface area contributed by atoms with Gasteiger partial charge in [-0.1, -0.05) is 103 Å². The largest absolute Gasteiger partial charge is 0.466 e. The standard InChI is InChI=1S/C46H87NO7/c1-4-7-10-13-16-22-29-40-51-44(49)33-24-18-17-19-27-36-47(38-39-48)37-28-23-32-41-52-45(50)34-25-26-35-46(53-42-30-20-14-11-8-5-2)54-43-31-21-15-12-9-6-3/h8-9,11-12,46,48H,4-7,10,13-43H2,1-3H3/b11-8-,12-9-. The average Bonchev–Trinajstić information content (AvgIpc) is 3.17. The molecule has 0 bridgehead atoms. The van der Waals surface area contributed by atoms with E-state index in [9.17, 15) is 14.7 Å². The van der Waals surface area contributed by atoms with Gasteiger partial charge < -0.3 is 29.0 Å². The summed E-state index contributed by atoms with van der Waals surface area (Å²) in [4.78, 5) is 26.7. The molecule has 0 unspecified atom stereocenters. The fourth-order valence-corrected chi connectivity index (χ4v) is 6.32. The van der Waals surface area contributed by atoms with Crippen LogP contribution in [0.5, 0.6) is 0 Å². The second-order valence-corrected chi connectivity index (χ2v) is 14.9. The van der Waals surface area contributed by atoms with Crippen molar-refractivity contribution in [2.75, 3.05) is 52.7 Å². The molecule has 0 fully saturated rings. The lowest BCUT2D eigenvalue weighted by Crippen LogP contribution is -2.29. The Morgan fingerprint density at radius 3 is 1.46 bits per heavy atom. The predicted octanol–water partition coefficient (Wildman–Crippen LogP) is 11.8. The van der Waals surface area contributed by atoms with Crippen molar-refractivity contribution < 1.29 is 33.6 Å². The van der Waals surface area contributed by atoms with Gasteiger partial charge in [-0.2, -0.15) is 0 Å². The summed E-state index contributed by atoms with van der Waals surface area (Å²) in [6.07, 6.45) is 37.7. The fourth-order valence-electron chi connectivity index (χ4n) is 6.32. The van der Waals surface area contributed by atoms with E-state index in [0.717, 1.165) is 148 Å². The van der Waals surface area contributed by atoms with E-state index in [1.54, 1.807) is 0 Å².